The highest BCUT2D eigenvalue weighted by Gasteiger charge is 2.23. The highest BCUT2D eigenvalue weighted by molar-refractivity contribution is 5.48. The molecule has 3 nitrogen and oxygen atoms in total. The number of anilines is 1. The first-order chi connectivity index (χ1) is 10.3. The molecule has 1 aliphatic heterocycles. The molecular weight excluding hydrogens is 262 g/mol. The molecule has 21 heavy (non-hydrogen) atoms. The zero-order chi connectivity index (χ0) is 14.5. The molecule has 0 aliphatic carbocycles. The molecule has 0 aromatic heterocycles. The molecule has 0 spiro atoms. The van der Waals surface area contributed by atoms with Gasteiger partial charge < -0.3 is 14.8 Å². The normalized spacial score (nSPS) is 21.2. The van der Waals surface area contributed by atoms with Crippen molar-refractivity contribution in [3.05, 3.63) is 60.2 Å². The molecule has 3 heteroatoms. The number of hydrogen-bond donors (Lipinski definition) is 1. The van der Waals surface area contributed by atoms with Gasteiger partial charge in [-0.1, -0.05) is 43.3 Å². The number of benzene rings is 2. The molecule has 0 saturated carbocycles. The Kier molecular flexibility index (Phi) is 4.41. The van der Waals surface area contributed by atoms with Crippen molar-refractivity contribution in [1.82, 2.24) is 0 Å². The van der Waals surface area contributed by atoms with Gasteiger partial charge >= 0.3 is 0 Å². The van der Waals surface area contributed by atoms with E-state index in [4.69, 9.17) is 9.47 Å². The fourth-order valence-electron chi connectivity index (χ4n) is 2.45. The van der Waals surface area contributed by atoms with E-state index in [-0.39, 0.29) is 6.29 Å². The summed E-state index contributed by atoms with van der Waals surface area (Å²) in [7, 11) is 0. The van der Waals surface area contributed by atoms with Gasteiger partial charge in [0.05, 0.1) is 6.61 Å². The van der Waals surface area contributed by atoms with Gasteiger partial charge in [0.1, 0.15) is 5.75 Å². The van der Waals surface area contributed by atoms with Crippen molar-refractivity contribution in [3.63, 3.8) is 0 Å². The smallest absolute Gasteiger partial charge is 0.200 e. The molecule has 110 valence electrons. The summed E-state index contributed by atoms with van der Waals surface area (Å²) in [5.41, 5.74) is 2.32. The molecule has 0 bridgehead atoms. The third kappa shape index (κ3) is 3.99. The largest absolute Gasteiger partial charge is 0.465 e. The number of rotatable bonds is 5. The van der Waals surface area contributed by atoms with Crippen molar-refractivity contribution in [2.24, 2.45) is 5.92 Å². The Morgan fingerprint density at radius 2 is 2.00 bits per heavy atom. The molecule has 2 aromatic carbocycles. The first-order valence-corrected chi connectivity index (χ1v) is 7.46. The molecule has 0 radical (unpaired) electrons. The minimum absolute atomic E-state index is 0.107. The molecule has 1 aliphatic rings. The summed E-state index contributed by atoms with van der Waals surface area (Å²) < 4.78 is 11.5. The Hall–Kier alpha value is -2.00. The van der Waals surface area contributed by atoms with Crippen LogP contribution in [0.3, 0.4) is 0 Å². The average Bonchev–Trinajstić information content (AvgIpc) is 2.92. The zero-order valence-electron chi connectivity index (χ0n) is 12.3. The number of hydrogen-bond acceptors (Lipinski definition) is 3. The summed E-state index contributed by atoms with van der Waals surface area (Å²) in [5, 5.41) is 3.41. The maximum atomic E-state index is 5.88. The highest BCUT2D eigenvalue weighted by Crippen LogP contribution is 2.24. The molecule has 1 heterocycles. The second-order valence-corrected chi connectivity index (χ2v) is 5.59. The average molecular weight is 283 g/mol. The minimum Gasteiger partial charge on any atom is -0.465 e. The molecule has 3 rings (SSSR count). The van der Waals surface area contributed by atoms with Crippen molar-refractivity contribution in [2.75, 3.05) is 11.9 Å². The van der Waals surface area contributed by atoms with E-state index in [1.54, 1.807) is 0 Å². The van der Waals surface area contributed by atoms with E-state index in [0.717, 1.165) is 31.0 Å². The summed E-state index contributed by atoms with van der Waals surface area (Å²) in [5.74, 6) is 1.43. The van der Waals surface area contributed by atoms with Crippen molar-refractivity contribution >= 4 is 5.69 Å². The Balaban J connectivity index is 1.58. The molecule has 1 unspecified atom stereocenters. The lowest BCUT2D eigenvalue weighted by Gasteiger charge is -2.14. The first kappa shape index (κ1) is 14.0. The van der Waals surface area contributed by atoms with Gasteiger partial charge in [-0.3, -0.25) is 0 Å². The lowest BCUT2D eigenvalue weighted by Crippen LogP contribution is -2.14. The lowest BCUT2D eigenvalue weighted by molar-refractivity contribution is -0.0393. The molecular formula is C18H21NO2. The van der Waals surface area contributed by atoms with Crippen molar-refractivity contribution in [3.8, 4) is 5.75 Å². The number of ether oxygens (including phenoxy) is 2. The summed E-state index contributed by atoms with van der Waals surface area (Å²) >= 11 is 0. The van der Waals surface area contributed by atoms with Crippen molar-refractivity contribution in [2.45, 2.75) is 26.2 Å². The lowest BCUT2D eigenvalue weighted by atomic mass is 10.1. The minimum atomic E-state index is -0.107. The van der Waals surface area contributed by atoms with E-state index in [0.29, 0.717) is 5.92 Å². The van der Waals surface area contributed by atoms with Crippen LogP contribution in [0, 0.1) is 5.92 Å². The van der Waals surface area contributed by atoms with E-state index in [9.17, 15) is 0 Å². The van der Waals surface area contributed by atoms with Crippen molar-refractivity contribution in [1.29, 1.82) is 0 Å². The fraction of sp³-hybridized carbons (Fsp3) is 0.333. The molecule has 0 amide bonds. The van der Waals surface area contributed by atoms with E-state index in [2.05, 4.69) is 36.5 Å². The van der Waals surface area contributed by atoms with Crippen molar-refractivity contribution < 1.29 is 9.47 Å². The van der Waals surface area contributed by atoms with Crippen LogP contribution in [0.25, 0.3) is 0 Å². The van der Waals surface area contributed by atoms with Crippen LogP contribution in [0.5, 0.6) is 5.75 Å². The van der Waals surface area contributed by atoms with E-state index in [1.165, 1.54) is 5.56 Å². The molecule has 2 aromatic rings. The Labute approximate surface area is 125 Å². The Morgan fingerprint density at radius 1 is 1.14 bits per heavy atom. The van der Waals surface area contributed by atoms with Gasteiger partial charge in [0, 0.05) is 24.7 Å². The van der Waals surface area contributed by atoms with Gasteiger partial charge in [0.2, 0.25) is 0 Å². The molecule has 2 atom stereocenters. The number of nitrogens with one attached hydrogen (secondary N) is 1. The highest BCUT2D eigenvalue weighted by atomic mass is 16.7. The molecule has 1 saturated heterocycles. The summed E-state index contributed by atoms with van der Waals surface area (Å²) in [6.07, 6.45) is 0.853. The van der Waals surface area contributed by atoms with Gasteiger partial charge in [-0.2, -0.15) is 0 Å². The van der Waals surface area contributed by atoms with Crippen LogP contribution in [0.1, 0.15) is 18.9 Å². The van der Waals surface area contributed by atoms with Crippen LogP contribution in [0.15, 0.2) is 54.6 Å². The van der Waals surface area contributed by atoms with E-state index >= 15 is 0 Å². The quantitative estimate of drug-likeness (QED) is 0.897. The van der Waals surface area contributed by atoms with Crippen LogP contribution >= 0.6 is 0 Å². The summed E-state index contributed by atoms with van der Waals surface area (Å²) in [4.78, 5) is 0. The Morgan fingerprint density at radius 3 is 2.76 bits per heavy atom. The topological polar surface area (TPSA) is 30.5 Å². The zero-order valence-corrected chi connectivity index (χ0v) is 12.3. The third-order valence-corrected chi connectivity index (χ3v) is 3.60. The monoisotopic (exact) mass is 283 g/mol. The van der Waals surface area contributed by atoms with E-state index in [1.807, 2.05) is 30.3 Å². The standard InChI is InChI=1S/C18H21NO2/c1-14-10-18(20-13-14)21-17-9-5-8-16(11-17)19-12-15-6-3-2-4-7-15/h2-9,11,14,18-19H,10,12-13H2,1H3/t14-,18?/m1/s1. The predicted molar refractivity (Wildman–Crippen MR) is 84.4 cm³/mol. The Bertz CT molecular complexity index is 570. The van der Waals surface area contributed by atoms with Gasteiger partial charge in [-0.25, -0.2) is 0 Å². The first-order valence-electron chi connectivity index (χ1n) is 7.46. The SMILES string of the molecule is C[C@H]1COC(Oc2cccc(NCc3ccccc3)c2)C1. The van der Waals surface area contributed by atoms with Crippen LogP contribution in [-0.2, 0) is 11.3 Å². The van der Waals surface area contributed by atoms with Gasteiger partial charge in [-0.15, -0.1) is 0 Å². The van der Waals surface area contributed by atoms with Gasteiger partial charge in [0.25, 0.3) is 0 Å². The maximum absolute atomic E-state index is 5.88. The fourth-order valence-corrected chi connectivity index (χ4v) is 2.45. The van der Waals surface area contributed by atoms with Crippen LogP contribution < -0.4 is 10.1 Å². The molecule has 1 fully saturated rings. The second kappa shape index (κ2) is 6.64. The van der Waals surface area contributed by atoms with E-state index < -0.39 is 0 Å². The second-order valence-electron chi connectivity index (χ2n) is 5.59. The molecule has 1 N–H and O–H groups in total. The van der Waals surface area contributed by atoms with Crippen LogP contribution in [-0.4, -0.2) is 12.9 Å². The van der Waals surface area contributed by atoms with Crippen LogP contribution in [0.2, 0.25) is 0 Å². The van der Waals surface area contributed by atoms with Crippen LogP contribution in [0.4, 0.5) is 5.69 Å². The maximum Gasteiger partial charge on any atom is 0.200 e. The van der Waals surface area contributed by atoms with Gasteiger partial charge in [-0.05, 0) is 23.6 Å². The summed E-state index contributed by atoms with van der Waals surface area (Å²) in [6.45, 7) is 3.78. The summed E-state index contributed by atoms with van der Waals surface area (Å²) in [6, 6.07) is 18.4. The third-order valence-electron chi connectivity index (χ3n) is 3.60. The predicted octanol–water partition coefficient (Wildman–Crippen LogP) is 4.06. The van der Waals surface area contributed by atoms with Gasteiger partial charge in [0.15, 0.2) is 6.29 Å².